The first-order chi connectivity index (χ1) is 12.9. The van der Waals surface area contributed by atoms with E-state index in [1.807, 2.05) is 25.1 Å². The Labute approximate surface area is 155 Å². The predicted molar refractivity (Wildman–Crippen MR) is 104 cm³/mol. The van der Waals surface area contributed by atoms with Crippen molar-refractivity contribution in [3.8, 4) is 0 Å². The van der Waals surface area contributed by atoms with E-state index in [4.69, 9.17) is 0 Å². The number of carbonyl (C=O) groups is 1. The number of nitrogens with zero attached hydrogens (tertiary/aromatic N) is 3. The van der Waals surface area contributed by atoms with E-state index in [1.54, 1.807) is 6.07 Å². The number of pyridine rings is 1. The number of anilines is 1. The van der Waals surface area contributed by atoms with E-state index in [2.05, 4.69) is 15.6 Å². The minimum absolute atomic E-state index is 0.216. The van der Waals surface area contributed by atoms with Gasteiger partial charge in [0.05, 0.1) is 10.9 Å². The summed E-state index contributed by atoms with van der Waals surface area (Å²) in [4.78, 5) is 41.1. The van der Waals surface area contributed by atoms with Gasteiger partial charge in [0.25, 0.3) is 11.5 Å². The summed E-state index contributed by atoms with van der Waals surface area (Å²) in [5.74, 6) is -0.374. The van der Waals surface area contributed by atoms with Crippen molar-refractivity contribution in [3.05, 3.63) is 68.5 Å². The topological polar surface area (TPSA) is 98.0 Å². The summed E-state index contributed by atoms with van der Waals surface area (Å²) >= 11 is 0. The van der Waals surface area contributed by atoms with Crippen molar-refractivity contribution in [1.82, 2.24) is 19.4 Å². The van der Waals surface area contributed by atoms with E-state index in [0.717, 1.165) is 16.7 Å². The van der Waals surface area contributed by atoms with Crippen LogP contribution in [0.1, 0.15) is 22.8 Å². The van der Waals surface area contributed by atoms with Crippen LogP contribution in [-0.2, 0) is 20.6 Å². The lowest BCUT2D eigenvalue weighted by Crippen LogP contribution is -2.37. The lowest BCUT2D eigenvalue weighted by Gasteiger charge is -2.10. The molecule has 27 heavy (non-hydrogen) atoms. The number of fused-ring (bicyclic) bond motifs is 1. The molecule has 3 aromatic rings. The molecule has 8 heteroatoms. The quantitative estimate of drug-likeness (QED) is 0.701. The van der Waals surface area contributed by atoms with E-state index in [1.165, 1.54) is 30.9 Å². The average Bonchev–Trinajstić information content (AvgIpc) is 2.69. The maximum atomic E-state index is 12.6. The third-order valence-corrected chi connectivity index (χ3v) is 4.32. The van der Waals surface area contributed by atoms with Gasteiger partial charge in [0, 0.05) is 32.5 Å². The Morgan fingerprint density at radius 2 is 1.93 bits per heavy atom. The molecule has 0 aliphatic rings. The fraction of sp³-hybridized carbons (Fsp3) is 0.263. The summed E-state index contributed by atoms with van der Waals surface area (Å²) in [6.07, 6.45) is 1.36. The van der Waals surface area contributed by atoms with Crippen LogP contribution >= 0.6 is 0 Å². The molecule has 2 aromatic heterocycles. The minimum atomic E-state index is -0.483. The molecule has 0 fully saturated rings. The number of amides is 1. The monoisotopic (exact) mass is 367 g/mol. The van der Waals surface area contributed by atoms with Crippen molar-refractivity contribution in [3.63, 3.8) is 0 Å². The van der Waals surface area contributed by atoms with Crippen LogP contribution in [-0.4, -0.2) is 26.6 Å². The van der Waals surface area contributed by atoms with Crippen molar-refractivity contribution >= 4 is 22.6 Å². The Kier molecular flexibility index (Phi) is 5.18. The molecule has 0 atom stereocenters. The zero-order valence-electron chi connectivity index (χ0n) is 15.4. The minimum Gasteiger partial charge on any atom is -0.322 e. The molecule has 1 aromatic carbocycles. The fourth-order valence-electron chi connectivity index (χ4n) is 2.82. The number of nitrogens with one attached hydrogen (secondary N) is 2. The highest BCUT2D eigenvalue weighted by Crippen LogP contribution is 2.14. The highest BCUT2D eigenvalue weighted by atomic mass is 16.2. The van der Waals surface area contributed by atoms with Crippen LogP contribution in [0, 0.1) is 0 Å². The third-order valence-electron chi connectivity index (χ3n) is 4.32. The van der Waals surface area contributed by atoms with Crippen LogP contribution in [0.4, 0.5) is 5.69 Å². The summed E-state index contributed by atoms with van der Waals surface area (Å²) in [5.41, 5.74) is 1.25. The van der Waals surface area contributed by atoms with Gasteiger partial charge >= 0.3 is 5.69 Å². The van der Waals surface area contributed by atoms with Gasteiger partial charge in [-0.2, -0.15) is 0 Å². The highest BCUT2D eigenvalue weighted by molar-refractivity contribution is 6.05. The molecule has 2 N–H and O–H groups in total. The smallest absolute Gasteiger partial charge is 0.322 e. The molecule has 0 bridgehead atoms. The van der Waals surface area contributed by atoms with Gasteiger partial charge in [-0.05, 0) is 30.3 Å². The van der Waals surface area contributed by atoms with Gasteiger partial charge in [0.15, 0.2) is 0 Å². The summed E-state index contributed by atoms with van der Waals surface area (Å²) in [7, 11) is 2.93. The number of rotatable bonds is 5. The zero-order chi connectivity index (χ0) is 19.6. The van der Waals surface area contributed by atoms with E-state index in [-0.39, 0.29) is 22.5 Å². The first-order valence-electron chi connectivity index (χ1n) is 8.59. The van der Waals surface area contributed by atoms with E-state index < -0.39 is 11.2 Å². The van der Waals surface area contributed by atoms with Crippen molar-refractivity contribution in [1.29, 1.82) is 0 Å². The number of benzene rings is 1. The third kappa shape index (κ3) is 3.65. The van der Waals surface area contributed by atoms with Crippen LogP contribution in [0.2, 0.25) is 0 Å². The second-order valence-corrected chi connectivity index (χ2v) is 6.24. The average molecular weight is 367 g/mol. The van der Waals surface area contributed by atoms with Gasteiger partial charge in [-0.1, -0.05) is 19.1 Å². The van der Waals surface area contributed by atoms with Crippen LogP contribution < -0.4 is 21.9 Å². The molecule has 0 aliphatic heterocycles. The summed E-state index contributed by atoms with van der Waals surface area (Å²) in [6, 6.07) is 8.98. The standard InChI is InChI=1S/C19H21N5O3/c1-4-20-10-12-6-5-7-14(8-12)22-17(25)13-9-15-16(21-11-13)23(2)19(27)24(3)18(15)26/h5-9,11,20H,4,10H2,1-3H3,(H,22,25). The molecule has 0 unspecified atom stereocenters. The summed E-state index contributed by atoms with van der Waals surface area (Å²) < 4.78 is 2.28. The van der Waals surface area contributed by atoms with Gasteiger partial charge < -0.3 is 10.6 Å². The molecule has 0 saturated carbocycles. The van der Waals surface area contributed by atoms with Crippen molar-refractivity contribution < 1.29 is 4.79 Å². The number of aryl methyl sites for hydroxylation is 1. The number of aromatic nitrogens is 3. The van der Waals surface area contributed by atoms with E-state index in [0.29, 0.717) is 12.2 Å². The fourth-order valence-corrected chi connectivity index (χ4v) is 2.82. The van der Waals surface area contributed by atoms with Gasteiger partial charge in [-0.25, -0.2) is 9.78 Å². The van der Waals surface area contributed by atoms with Crippen molar-refractivity contribution in [2.75, 3.05) is 11.9 Å². The highest BCUT2D eigenvalue weighted by Gasteiger charge is 2.14. The lowest BCUT2D eigenvalue weighted by atomic mass is 10.1. The Bertz CT molecular complexity index is 1130. The van der Waals surface area contributed by atoms with Gasteiger partial charge in [0.2, 0.25) is 0 Å². The second kappa shape index (κ2) is 7.55. The number of hydrogen-bond donors (Lipinski definition) is 2. The maximum absolute atomic E-state index is 12.6. The summed E-state index contributed by atoms with van der Waals surface area (Å²) in [6.45, 7) is 3.59. The Morgan fingerprint density at radius 1 is 1.15 bits per heavy atom. The molecule has 3 rings (SSSR count). The van der Waals surface area contributed by atoms with Gasteiger partial charge in [-0.3, -0.25) is 18.7 Å². The molecule has 0 radical (unpaired) electrons. The largest absolute Gasteiger partial charge is 0.332 e. The van der Waals surface area contributed by atoms with Crippen LogP contribution in [0.3, 0.4) is 0 Å². The normalized spacial score (nSPS) is 10.9. The van der Waals surface area contributed by atoms with E-state index >= 15 is 0 Å². The lowest BCUT2D eigenvalue weighted by molar-refractivity contribution is 0.102. The van der Waals surface area contributed by atoms with Crippen LogP contribution in [0.15, 0.2) is 46.1 Å². The molecule has 8 nitrogen and oxygen atoms in total. The zero-order valence-corrected chi connectivity index (χ0v) is 15.4. The van der Waals surface area contributed by atoms with E-state index in [9.17, 15) is 14.4 Å². The molecule has 0 spiro atoms. The second-order valence-electron chi connectivity index (χ2n) is 6.24. The van der Waals surface area contributed by atoms with Crippen LogP contribution in [0.5, 0.6) is 0 Å². The first kappa shape index (κ1) is 18.5. The van der Waals surface area contributed by atoms with Crippen molar-refractivity contribution in [2.45, 2.75) is 13.5 Å². The number of hydrogen-bond acceptors (Lipinski definition) is 5. The Morgan fingerprint density at radius 3 is 2.67 bits per heavy atom. The molecule has 0 saturated heterocycles. The molecular formula is C19H21N5O3. The molecule has 2 heterocycles. The Hall–Kier alpha value is -3.26. The molecule has 1 amide bonds. The maximum Gasteiger partial charge on any atom is 0.332 e. The Balaban J connectivity index is 1.93. The SMILES string of the molecule is CCNCc1cccc(NC(=O)c2cnc3c(c2)c(=O)n(C)c(=O)n3C)c1. The summed E-state index contributed by atoms with van der Waals surface area (Å²) in [5, 5.41) is 6.26. The van der Waals surface area contributed by atoms with Crippen LogP contribution in [0.25, 0.3) is 11.0 Å². The van der Waals surface area contributed by atoms with Crippen molar-refractivity contribution in [2.24, 2.45) is 14.1 Å². The molecule has 140 valence electrons. The first-order valence-corrected chi connectivity index (χ1v) is 8.59. The molecule has 0 aliphatic carbocycles. The molecular weight excluding hydrogens is 346 g/mol. The van der Waals surface area contributed by atoms with Gasteiger partial charge in [0.1, 0.15) is 5.65 Å². The number of carbonyl (C=O) groups excluding carboxylic acids is 1. The predicted octanol–water partition coefficient (Wildman–Crippen LogP) is 0.994. The van der Waals surface area contributed by atoms with Gasteiger partial charge in [-0.15, -0.1) is 0 Å².